The number of nitrogens with one attached hydrogen (secondary N) is 1. The van der Waals surface area contributed by atoms with Gasteiger partial charge in [-0.15, -0.1) is 0 Å². The highest BCUT2D eigenvalue weighted by Gasteiger charge is 2.12. The minimum absolute atomic E-state index is 0.0195. The molecule has 23 heavy (non-hydrogen) atoms. The van der Waals surface area contributed by atoms with E-state index in [4.69, 9.17) is 9.15 Å². The first-order valence-electron chi connectivity index (χ1n) is 6.54. The molecule has 7 heteroatoms. The predicted molar refractivity (Wildman–Crippen MR) is 91.5 cm³/mol. The molecule has 0 aliphatic rings. The van der Waals surface area contributed by atoms with Gasteiger partial charge >= 0.3 is 0 Å². The molecule has 0 radical (unpaired) electrons. The van der Waals surface area contributed by atoms with Crippen molar-refractivity contribution in [3.8, 4) is 17.6 Å². The summed E-state index contributed by atoms with van der Waals surface area (Å²) >= 11 is 1.94. The number of carbonyl (C=O) groups excluding carboxylic acids is 1. The molecule has 0 fully saturated rings. The Balaban J connectivity index is 2.19. The van der Waals surface area contributed by atoms with E-state index in [1.165, 1.54) is 19.4 Å². The van der Waals surface area contributed by atoms with Crippen LogP contribution in [-0.2, 0) is 11.3 Å². The Labute approximate surface area is 146 Å². The van der Waals surface area contributed by atoms with E-state index in [0.29, 0.717) is 14.9 Å². The van der Waals surface area contributed by atoms with Crippen LogP contribution in [-0.4, -0.2) is 18.1 Å². The van der Waals surface area contributed by atoms with E-state index in [-0.39, 0.29) is 23.6 Å². The number of hydrogen-bond donors (Lipinski definition) is 2. The van der Waals surface area contributed by atoms with Gasteiger partial charge in [0.05, 0.1) is 23.5 Å². The SMILES string of the molecule is COc1cc(/C=C(\C#N)C(=O)NCc2ccco2)cc(I)c1O. The molecule has 6 nitrogen and oxygen atoms in total. The summed E-state index contributed by atoms with van der Waals surface area (Å²) in [6.07, 6.45) is 2.94. The quantitative estimate of drug-likeness (QED) is 0.437. The molecule has 0 atom stereocenters. The summed E-state index contributed by atoms with van der Waals surface area (Å²) in [6.45, 7) is 0.196. The number of rotatable bonds is 5. The molecule has 0 aliphatic carbocycles. The van der Waals surface area contributed by atoms with Gasteiger partial charge in [0.1, 0.15) is 17.4 Å². The molecule has 0 spiro atoms. The zero-order valence-electron chi connectivity index (χ0n) is 12.2. The van der Waals surface area contributed by atoms with Crippen LogP contribution < -0.4 is 10.1 Å². The molecule has 1 aromatic heterocycles. The summed E-state index contributed by atoms with van der Waals surface area (Å²) in [5, 5.41) is 21.6. The van der Waals surface area contributed by atoms with Gasteiger partial charge in [-0.1, -0.05) is 0 Å². The molecule has 1 aromatic carbocycles. The molecule has 2 rings (SSSR count). The second-order valence-corrected chi connectivity index (χ2v) is 5.65. The van der Waals surface area contributed by atoms with Gasteiger partial charge in [-0.05, 0) is 58.5 Å². The van der Waals surface area contributed by atoms with Gasteiger partial charge in [0.15, 0.2) is 11.5 Å². The Morgan fingerprint density at radius 3 is 2.96 bits per heavy atom. The van der Waals surface area contributed by atoms with Crippen LogP contribution in [0.3, 0.4) is 0 Å². The number of hydrogen-bond acceptors (Lipinski definition) is 5. The standard InChI is InChI=1S/C16H13IN2O4/c1-22-14-7-10(6-13(17)15(14)20)5-11(8-18)16(21)19-9-12-3-2-4-23-12/h2-7,20H,9H2,1H3,(H,19,21)/b11-5+. The highest BCUT2D eigenvalue weighted by Crippen LogP contribution is 2.33. The van der Waals surface area contributed by atoms with E-state index in [0.717, 1.165) is 0 Å². The Hall–Kier alpha value is -2.47. The number of ether oxygens (including phenoxy) is 1. The third-order valence-corrected chi connectivity index (χ3v) is 3.77. The van der Waals surface area contributed by atoms with Crippen LogP contribution in [0, 0.1) is 14.9 Å². The number of benzene rings is 1. The Bertz CT molecular complexity index is 776. The van der Waals surface area contributed by atoms with Gasteiger partial charge in [-0.3, -0.25) is 4.79 Å². The third-order valence-electron chi connectivity index (χ3n) is 2.95. The fourth-order valence-electron chi connectivity index (χ4n) is 1.82. The first-order chi connectivity index (χ1) is 11.0. The minimum atomic E-state index is -0.508. The topological polar surface area (TPSA) is 95.5 Å². The lowest BCUT2D eigenvalue weighted by Gasteiger charge is -2.07. The number of phenols is 1. The lowest BCUT2D eigenvalue weighted by molar-refractivity contribution is -0.117. The van der Waals surface area contributed by atoms with Crippen molar-refractivity contribution in [2.75, 3.05) is 7.11 Å². The summed E-state index contributed by atoms with van der Waals surface area (Å²) in [4.78, 5) is 12.1. The lowest BCUT2D eigenvalue weighted by Crippen LogP contribution is -2.23. The number of amides is 1. The molecule has 0 saturated heterocycles. The number of furan rings is 1. The van der Waals surface area contributed by atoms with Crippen LogP contribution >= 0.6 is 22.6 Å². The zero-order chi connectivity index (χ0) is 16.8. The molecule has 118 valence electrons. The van der Waals surface area contributed by atoms with Crippen molar-refractivity contribution in [1.29, 1.82) is 5.26 Å². The van der Waals surface area contributed by atoms with Gasteiger partial charge in [0.25, 0.3) is 5.91 Å². The smallest absolute Gasteiger partial charge is 0.262 e. The van der Waals surface area contributed by atoms with Crippen LogP contribution in [0.5, 0.6) is 11.5 Å². The lowest BCUT2D eigenvalue weighted by atomic mass is 10.1. The van der Waals surface area contributed by atoms with E-state index in [2.05, 4.69) is 5.32 Å². The highest BCUT2D eigenvalue weighted by molar-refractivity contribution is 14.1. The molecule has 1 heterocycles. The van der Waals surface area contributed by atoms with Crippen molar-refractivity contribution in [3.63, 3.8) is 0 Å². The molecule has 2 N–H and O–H groups in total. The number of nitrogens with zero attached hydrogens (tertiary/aromatic N) is 1. The third kappa shape index (κ3) is 4.26. The number of phenolic OH excluding ortho intramolecular Hbond substituents is 1. The fraction of sp³-hybridized carbons (Fsp3) is 0.125. The number of nitriles is 1. The van der Waals surface area contributed by atoms with E-state index < -0.39 is 5.91 Å². The number of halogens is 1. The largest absolute Gasteiger partial charge is 0.504 e. The maximum Gasteiger partial charge on any atom is 0.262 e. The number of carbonyl (C=O) groups is 1. The van der Waals surface area contributed by atoms with Crippen molar-refractivity contribution in [3.05, 3.63) is 51.0 Å². The van der Waals surface area contributed by atoms with Crippen LogP contribution in [0.1, 0.15) is 11.3 Å². The highest BCUT2D eigenvalue weighted by atomic mass is 127. The first-order valence-corrected chi connectivity index (χ1v) is 7.62. The summed E-state index contributed by atoms with van der Waals surface area (Å²) in [7, 11) is 1.43. The van der Waals surface area contributed by atoms with Crippen LogP contribution in [0.2, 0.25) is 0 Å². The van der Waals surface area contributed by atoms with E-state index in [9.17, 15) is 15.2 Å². The molecule has 0 saturated carbocycles. The molecule has 0 bridgehead atoms. The maximum atomic E-state index is 12.1. The average molecular weight is 424 g/mol. The first kappa shape index (κ1) is 16.9. The monoisotopic (exact) mass is 424 g/mol. The Morgan fingerprint density at radius 2 is 2.35 bits per heavy atom. The molecule has 1 amide bonds. The van der Waals surface area contributed by atoms with E-state index >= 15 is 0 Å². The molecular weight excluding hydrogens is 411 g/mol. The van der Waals surface area contributed by atoms with Gasteiger partial charge < -0.3 is 19.6 Å². The summed E-state index contributed by atoms with van der Waals surface area (Å²) in [5.74, 6) is 0.380. The average Bonchev–Trinajstić information content (AvgIpc) is 3.06. The van der Waals surface area contributed by atoms with Crippen LogP contribution in [0.15, 0.2) is 40.5 Å². The second-order valence-electron chi connectivity index (χ2n) is 4.49. The summed E-state index contributed by atoms with van der Waals surface area (Å²) in [6, 6.07) is 8.50. The minimum Gasteiger partial charge on any atom is -0.504 e. The molecule has 2 aromatic rings. The van der Waals surface area contributed by atoms with Crippen molar-refractivity contribution in [2.24, 2.45) is 0 Å². The van der Waals surface area contributed by atoms with Crippen molar-refractivity contribution in [2.45, 2.75) is 6.54 Å². The molecule has 0 unspecified atom stereocenters. The zero-order valence-corrected chi connectivity index (χ0v) is 14.3. The normalized spacial score (nSPS) is 10.9. The van der Waals surface area contributed by atoms with Crippen molar-refractivity contribution in [1.82, 2.24) is 5.32 Å². The number of aromatic hydroxyl groups is 1. The Kier molecular flexibility index (Phi) is 5.65. The van der Waals surface area contributed by atoms with E-state index in [1.54, 1.807) is 24.3 Å². The van der Waals surface area contributed by atoms with Crippen LogP contribution in [0.4, 0.5) is 0 Å². The van der Waals surface area contributed by atoms with Gasteiger partial charge in [-0.25, -0.2) is 0 Å². The van der Waals surface area contributed by atoms with E-state index in [1.807, 2.05) is 28.7 Å². The predicted octanol–water partition coefficient (Wildman–Crippen LogP) is 2.82. The molecule has 0 aliphatic heterocycles. The van der Waals surface area contributed by atoms with Gasteiger partial charge in [0, 0.05) is 0 Å². The second kappa shape index (κ2) is 7.69. The van der Waals surface area contributed by atoms with Crippen molar-refractivity contribution < 1.29 is 19.1 Å². The fourth-order valence-corrected chi connectivity index (χ4v) is 2.45. The summed E-state index contributed by atoms with van der Waals surface area (Å²) in [5.41, 5.74) is 0.522. The van der Waals surface area contributed by atoms with Crippen molar-refractivity contribution >= 4 is 34.6 Å². The number of methoxy groups -OCH3 is 1. The summed E-state index contributed by atoms with van der Waals surface area (Å²) < 4.78 is 10.7. The van der Waals surface area contributed by atoms with Gasteiger partial charge in [0.2, 0.25) is 0 Å². The Morgan fingerprint density at radius 1 is 1.57 bits per heavy atom. The van der Waals surface area contributed by atoms with Crippen LogP contribution in [0.25, 0.3) is 6.08 Å². The maximum absolute atomic E-state index is 12.1. The van der Waals surface area contributed by atoms with Gasteiger partial charge in [-0.2, -0.15) is 5.26 Å². The molecular formula is C16H13IN2O4.